The quantitative estimate of drug-likeness (QED) is 0.189. The van der Waals surface area contributed by atoms with Crippen molar-refractivity contribution >= 4 is 40.0 Å². The number of nitrogens with one attached hydrogen (secondary N) is 3. The molecule has 0 bridgehead atoms. The van der Waals surface area contributed by atoms with E-state index in [-0.39, 0.29) is 39.7 Å². The fraction of sp³-hybridized carbons (Fsp3) is 0.207. The molecule has 0 aliphatic heterocycles. The van der Waals surface area contributed by atoms with Gasteiger partial charge in [-0.05, 0) is 48.9 Å². The van der Waals surface area contributed by atoms with Crippen LogP contribution in [0.4, 0.5) is 18.9 Å². The van der Waals surface area contributed by atoms with E-state index in [1.807, 2.05) is 0 Å². The molecule has 0 saturated heterocycles. The Hall–Kier alpha value is -5.15. The molecule has 0 saturated carbocycles. The van der Waals surface area contributed by atoms with Crippen molar-refractivity contribution in [2.75, 3.05) is 19.5 Å². The van der Waals surface area contributed by atoms with Crippen LogP contribution in [-0.4, -0.2) is 50.6 Å². The molecule has 2 amide bonds. The first-order chi connectivity index (χ1) is 21.4. The van der Waals surface area contributed by atoms with Crippen LogP contribution in [0.15, 0.2) is 65.7 Å². The van der Waals surface area contributed by atoms with Crippen molar-refractivity contribution < 1.29 is 32.3 Å². The maximum absolute atomic E-state index is 13.5. The van der Waals surface area contributed by atoms with Crippen LogP contribution in [-0.2, 0) is 15.8 Å². The van der Waals surface area contributed by atoms with E-state index in [1.54, 1.807) is 31.2 Å². The third-order valence-corrected chi connectivity index (χ3v) is 7.13. The Bertz CT molecular complexity index is 1970. The van der Waals surface area contributed by atoms with Crippen molar-refractivity contribution in [3.05, 3.63) is 87.7 Å². The number of benzene rings is 2. The smallest absolute Gasteiger partial charge is 0.436 e. The van der Waals surface area contributed by atoms with Crippen molar-refractivity contribution in [2.45, 2.75) is 25.6 Å². The molecule has 45 heavy (non-hydrogen) atoms. The van der Waals surface area contributed by atoms with E-state index in [0.717, 1.165) is 10.9 Å². The number of carbonyl (C=O) groups excluding carboxylic acids is 2. The molecule has 12 nitrogen and oxygen atoms in total. The maximum Gasteiger partial charge on any atom is 0.436 e. The minimum Gasteiger partial charge on any atom is -0.495 e. The Morgan fingerprint density at radius 3 is 2.51 bits per heavy atom. The number of halogens is 4. The van der Waals surface area contributed by atoms with Crippen molar-refractivity contribution in [1.29, 1.82) is 0 Å². The van der Waals surface area contributed by atoms with E-state index < -0.39 is 35.3 Å². The maximum atomic E-state index is 13.5. The molecule has 2 aromatic carbocycles. The summed E-state index contributed by atoms with van der Waals surface area (Å²) in [4.78, 5) is 46.6. The van der Waals surface area contributed by atoms with Crippen molar-refractivity contribution in [1.82, 2.24) is 30.0 Å². The molecule has 5 rings (SSSR count). The summed E-state index contributed by atoms with van der Waals surface area (Å²) in [6.45, 7) is 1.73. The van der Waals surface area contributed by atoms with E-state index >= 15 is 0 Å². The van der Waals surface area contributed by atoms with Crippen molar-refractivity contribution in [2.24, 2.45) is 0 Å². The van der Waals surface area contributed by atoms with Gasteiger partial charge in [0.15, 0.2) is 5.69 Å². The summed E-state index contributed by atoms with van der Waals surface area (Å²) in [5.74, 6) is -0.817. The van der Waals surface area contributed by atoms with Crippen molar-refractivity contribution in [3.63, 3.8) is 0 Å². The number of hydrogen-bond donors (Lipinski definition) is 3. The van der Waals surface area contributed by atoms with Crippen LogP contribution in [0.25, 0.3) is 27.7 Å². The number of aromatic nitrogens is 5. The fourth-order valence-corrected chi connectivity index (χ4v) is 4.97. The number of hydrogen-bond acceptors (Lipinski definition) is 7. The average Bonchev–Trinajstić information content (AvgIpc) is 3.66. The summed E-state index contributed by atoms with van der Waals surface area (Å²) in [5.41, 5.74) is 2.39. The fourth-order valence-electron chi connectivity index (χ4n) is 4.79. The minimum absolute atomic E-state index is 0.149. The van der Waals surface area contributed by atoms with Gasteiger partial charge >= 0.3 is 6.18 Å². The van der Waals surface area contributed by atoms with E-state index in [0.29, 0.717) is 16.6 Å². The number of pyridine rings is 1. The van der Waals surface area contributed by atoms with Crippen LogP contribution in [0.3, 0.4) is 0 Å². The van der Waals surface area contributed by atoms with Crippen LogP contribution in [0.2, 0.25) is 5.02 Å². The van der Waals surface area contributed by atoms with Gasteiger partial charge in [0.2, 0.25) is 5.91 Å². The number of fused-ring (bicyclic) bond motifs is 1. The topological polar surface area (TPSA) is 145 Å². The van der Waals surface area contributed by atoms with Gasteiger partial charge in [0.25, 0.3) is 11.5 Å². The Balaban J connectivity index is 1.47. The van der Waals surface area contributed by atoms with Gasteiger partial charge in [-0.15, -0.1) is 5.10 Å². The third-order valence-electron chi connectivity index (χ3n) is 6.90. The van der Waals surface area contributed by atoms with Gasteiger partial charge in [-0.25, -0.2) is 10.2 Å². The van der Waals surface area contributed by atoms with Crippen LogP contribution in [0.5, 0.6) is 5.75 Å². The summed E-state index contributed by atoms with van der Waals surface area (Å²) < 4.78 is 47.3. The third kappa shape index (κ3) is 6.39. The summed E-state index contributed by atoms with van der Waals surface area (Å²) in [6.07, 6.45) is -2.41. The zero-order valence-electron chi connectivity index (χ0n) is 23.9. The number of H-pyrrole nitrogens is 1. The number of methoxy groups -OCH3 is 1. The molecule has 5 aromatic rings. The zero-order chi connectivity index (χ0) is 32.5. The van der Waals surface area contributed by atoms with Gasteiger partial charge in [0.1, 0.15) is 17.5 Å². The van der Waals surface area contributed by atoms with Gasteiger partial charge in [-0.2, -0.15) is 13.2 Å². The molecule has 0 aliphatic rings. The van der Waals surface area contributed by atoms with E-state index in [2.05, 4.69) is 30.9 Å². The highest BCUT2D eigenvalue weighted by molar-refractivity contribution is 6.31. The molecule has 3 heterocycles. The molecular formula is C29H25ClF3N7O5. The molecule has 0 fully saturated rings. The SMILES string of the molecule is CC[C@@H](C(=O)Nc1ccc2[nH]c(C(=O)NOC)cc2c1)n1cc(OC)c(-c2cc(Cl)ccc2-n2cc(C(F)(F)F)nn2)cc1=O. The average molecular weight is 644 g/mol. The lowest BCUT2D eigenvalue weighted by atomic mass is 10.0. The first-order valence-electron chi connectivity index (χ1n) is 13.3. The van der Waals surface area contributed by atoms with E-state index in [4.69, 9.17) is 16.3 Å². The predicted octanol–water partition coefficient (Wildman–Crippen LogP) is 5.14. The molecule has 3 aromatic heterocycles. The van der Waals surface area contributed by atoms with Crippen LogP contribution >= 0.6 is 11.6 Å². The zero-order valence-corrected chi connectivity index (χ0v) is 24.7. The van der Waals surface area contributed by atoms with Gasteiger partial charge in [-0.3, -0.25) is 23.8 Å². The second-order valence-electron chi connectivity index (χ2n) is 9.74. The number of ether oxygens (including phenoxy) is 1. The number of carbonyl (C=O) groups is 2. The monoisotopic (exact) mass is 643 g/mol. The molecule has 1 atom stereocenters. The lowest BCUT2D eigenvalue weighted by Gasteiger charge is -2.21. The highest BCUT2D eigenvalue weighted by atomic mass is 35.5. The van der Waals surface area contributed by atoms with Crippen LogP contribution in [0.1, 0.15) is 35.6 Å². The van der Waals surface area contributed by atoms with Crippen LogP contribution in [0, 0.1) is 0 Å². The molecular weight excluding hydrogens is 619 g/mol. The number of anilines is 1. The molecule has 0 radical (unpaired) electrons. The van der Waals surface area contributed by atoms with Gasteiger partial charge in [-0.1, -0.05) is 23.7 Å². The van der Waals surface area contributed by atoms with Crippen LogP contribution < -0.4 is 21.1 Å². The molecule has 16 heteroatoms. The number of rotatable bonds is 9. The van der Waals surface area contributed by atoms with E-state index in [1.165, 1.54) is 49.2 Å². The molecule has 3 N–H and O–H groups in total. The number of nitrogens with zero attached hydrogens (tertiary/aromatic N) is 4. The van der Waals surface area contributed by atoms with Gasteiger partial charge in [0.05, 0.1) is 32.3 Å². The molecule has 0 aliphatic carbocycles. The highest BCUT2D eigenvalue weighted by Gasteiger charge is 2.35. The molecule has 0 unspecified atom stereocenters. The number of hydroxylamine groups is 1. The Kier molecular flexibility index (Phi) is 8.66. The standard InChI is InChI=1S/C29H25ClF3N7O5/c1-4-22(28(43)34-17-6-7-20-15(9-17)10-21(35-20)27(42)37-45-3)39-13-24(44-2)19(12-26(39)41)18-11-16(30)5-8-23(18)40-14-25(36-38-40)29(31,32)33/h5-14,22,35H,4H2,1-3H3,(H,34,43)(H,37,42)/t22-/m0/s1. The first-order valence-corrected chi connectivity index (χ1v) is 13.7. The summed E-state index contributed by atoms with van der Waals surface area (Å²) >= 11 is 6.23. The Morgan fingerprint density at radius 2 is 1.84 bits per heavy atom. The first kappa shape index (κ1) is 31.3. The predicted molar refractivity (Wildman–Crippen MR) is 158 cm³/mol. The van der Waals surface area contributed by atoms with Gasteiger partial charge < -0.3 is 15.0 Å². The largest absolute Gasteiger partial charge is 0.495 e. The summed E-state index contributed by atoms with van der Waals surface area (Å²) in [7, 11) is 2.67. The lowest BCUT2D eigenvalue weighted by Crippen LogP contribution is -2.32. The summed E-state index contributed by atoms with van der Waals surface area (Å²) in [5, 5.41) is 10.5. The number of amides is 2. The molecule has 234 valence electrons. The minimum atomic E-state index is -4.71. The lowest BCUT2D eigenvalue weighted by molar-refractivity contribution is -0.141. The highest BCUT2D eigenvalue weighted by Crippen LogP contribution is 2.36. The Labute approximate surface area is 257 Å². The Morgan fingerprint density at radius 1 is 1.07 bits per heavy atom. The van der Waals surface area contributed by atoms with Crippen molar-refractivity contribution in [3.8, 4) is 22.6 Å². The van der Waals surface area contributed by atoms with E-state index in [9.17, 15) is 27.6 Å². The van der Waals surface area contributed by atoms with Gasteiger partial charge in [0, 0.05) is 38.8 Å². The molecule has 0 spiro atoms. The number of aromatic amines is 1. The second-order valence-corrected chi connectivity index (χ2v) is 10.2. The summed E-state index contributed by atoms with van der Waals surface area (Å²) in [6, 6.07) is 11.2. The normalized spacial score (nSPS) is 12.2. The number of alkyl halides is 3. The second kappa shape index (κ2) is 12.5.